The molecule has 3 heteroatoms. The minimum atomic E-state index is 0.522. The Morgan fingerprint density at radius 2 is 2.36 bits per heavy atom. The molecule has 0 aliphatic rings. The van der Waals surface area contributed by atoms with Crippen molar-refractivity contribution in [2.45, 2.75) is 6.54 Å². The van der Waals surface area contributed by atoms with Gasteiger partial charge in [0.25, 0.3) is 0 Å². The van der Waals surface area contributed by atoms with Crippen LogP contribution >= 0.6 is 11.6 Å². The molecule has 0 aromatic heterocycles. The highest BCUT2D eigenvalue weighted by Crippen LogP contribution is 2.25. The van der Waals surface area contributed by atoms with Gasteiger partial charge in [-0.05, 0) is 12.1 Å². The Morgan fingerprint density at radius 1 is 1.57 bits per heavy atom. The molecule has 1 rings (SSSR count). The molecule has 0 radical (unpaired) electrons. The van der Waals surface area contributed by atoms with Crippen LogP contribution < -0.4 is 10.1 Å². The summed E-state index contributed by atoms with van der Waals surface area (Å²) >= 11 is 6.02. The van der Waals surface area contributed by atoms with E-state index >= 15 is 0 Å². The second-order valence-electron chi connectivity index (χ2n) is 2.73. The van der Waals surface area contributed by atoms with Gasteiger partial charge >= 0.3 is 0 Å². The van der Waals surface area contributed by atoms with Crippen molar-refractivity contribution in [3.8, 4) is 18.1 Å². The van der Waals surface area contributed by atoms with Crippen LogP contribution in [0.1, 0.15) is 5.56 Å². The van der Waals surface area contributed by atoms with Crippen LogP contribution in [-0.4, -0.2) is 13.7 Å². The SMILES string of the molecule is C#CCNCc1c(Cl)cccc1OC. The fourth-order valence-electron chi connectivity index (χ4n) is 1.16. The summed E-state index contributed by atoms with van der Waals surface area (Å²) < 4.78 is 5.18. The lowest BCUT2D eigenvalue weighted by molar-refractivity contribution is 0.408. The Balaban J connectivity index is 2.78. The third kappa shape index (κ3) is 2.66. The van der Waals surface area contributed by atoms with Gasteiger partial charge in [-0.15, -0.1) is 6.42 Å². The summed E-state index contributed by atoms with van der Waals surface area (Å²) in [5, 5.41) is 3.76. The average Bonchev–Trinajstić information content (AvgIpc) is 2.20. The van der Waals surface area contributed by atoms with E-state index in [0.29, 0.717) is 18.1 Å². The van der Waals surface area contributed by atoms with E-state index in [1.54, 1.807) is 7.11 Å². The van der Waals surface area contributed by atoms with Crippen LogP contribution in [0.5, 0.6) is 5.75 Å². The number of hydrogen-bond acceptors (Lipinski definition) is 2. The summed E-state index contributed by atoms with van der Waals surface area (Å²) in [6, 6.07) is 5.56. The van der Waals surface area contributed by atoms with Crippen molar-refractivity contribution in [2.24, 2.45) is 0 Å². The summed E-state index contributed by atoms with van der Waals surface area (Å²) in [4.78, 5) is 0. The van der Waals surface area contributed by atoms with Crippen molar-refractivity contribution in [1.29, 1.82) is 0 Å². The van der Waals surface area contributed by atoms with E-state index in [2.05, 4.69) is 11.2 Å². The first-order valence-electron chi connectivity index (χ1n) is 4.25. The Kier molecular flexibility index (Phi) is 4.31. The van der Waals surface area contributed by atoms with E-state index in [1.807, 2.05) is 18.2 Å². The molecule has 0 saturated heterocycles. The van der Waals surface area contributed by atoms with Crippen LogP contribution in [-0.2, 0) is 6.54 Å². The molecule has 1 aromatic carbocycles. The van der Waals surface area contributed by atoms with Gasteiger partial charge in [-0.3, -0.25) is 0 Å². The van der Waals surface area contributed by atoms with Crippen molar-refractivity contribution in [2.75, 3.05) is 13.7 Å². The minimum Gasteiger partial charge on any atom is -0.496 e. The predicted octanol–water partition coefficient (Wildman–Crippen LogP) is 2.07. The number of nitrogens with one attached hydrogen (secondary N) is 1. The standard InChI is InChI=1S/C11H12ClNO/c1-3-7-13-8-9-10(12)5-4-6-11(9)14-2/h1,4-6,13H,7-8H2,2H3. The molecule has 0 saturated carbocycles. The lowest BCUT2D eigenvalue weighted by atomic mass is 10.2. The summed E-state index contributed by atoms with van der Waals surface area (Å²) in [6.45, 7) is 1.14. The average molecular weight is 210 g/mol. The zero-order valence-corrected chi connectivity index (χ0v) is 8.77. The van der Waals surface area contributed by atoms with Gasteiger partial charge in [0.15, 0.2) is 0 Å². The van der Waals surface area contributed by atoms with E-state index in [9.17, 15) is 0 Å². The molecule has 0 unspecified atom stereocenters. The van der Waals surface area contributed by atoms with Gasteiger partial charge in [-0.1, -0.05) is 23.6 Å². The highest BCUT2D eigenvalue weighted by Gasteiger charge is 2.05. The zero-order chi connectivity index (χ0) is 10.4. The second-order valence-corrected chi connectivity index (χ2v) is 3.14. The molecule has 0 spiro atoms. The highest BCUT2D eigenvalue weighted by molar-refractivity contribution is 6.31. The Bertz CT molecular complexity index is 344. The lowest BCUT2D eigenvalue weighted by Gasteiger charge is -2.09. The van der Waals surface area contributed by atoms with Crippen LogP contribution in [0.25, 0.3) is 0 Å². The molecule has 0 atom stereocenters. The summed E-state index contributed by atoms with van der Waals surface area (Å²) in [6.07, 6.45) is 5.12. The smallest absolute Gasteiger partial charge is 0.124 e. The van der Waals surface area contributed by atoms with Crippen LogP contribution in [0.2, 0.25) is 5.02 Å². The Hall–Kier alpha value is -1.17. The lowest BCUT2D eigenvalue weighted by Crippen LogP contribution is -2.14. The van der Waals surface area contributed by atoms with Gasteiger partial charge in [0.2, 0.25) is 0 Å². The van der Waals surface area contributed by atoms with Crippen LogP contribution in [0.15, 0.2) is 18.2 Å². The third-order valence-electron chi connectivity index (χ3n) is 1.82. The van der Waals surface area contributed by atoms with Crippen molar-refractivity contribution in [1.82, 2.24) is 5.32 Å². The van der Waals surface area contributed by atoms with E-state index in [1.165, 1.54) is 0 Å². The van der Waals surface area contributed by atoms with Gasteiger partial charge in [0.05, 0.1) is 13.7 Å². The van der Waals surface area contributed by atoms with E-state index in [0.717, 1.165) is 11.3 Å². The molecular weight excluding hydrogens is 198 g/mol. The van der Waals surface area contributed by atoms with Crippen molar-refractivity contribution >= 4 is 11.6 Å². The van der Waals surface area contributed by atoms with E-state index in [4.69, 9.17) is 22.8 Å². The number of hydrogen-bond donors (Lipinski definition) is 1. The Morgan fingerprint density at radius 3 is 3.00 bits per heavy atom. The van der Waals surface area contributed by atoms with Gasteiger partial charge in [-0.25, -0.2) is 0 Å². The maximum atomic E-state index is 6.02. The van der Waals surface area contributed by atoms with E-state index < -0.39 is 0 Å². The number of methoxy groups -OCH3 is 1. The first kappa shape index (κ1) is 10.9. The fraction of sp³-hybridized carbons (Fsp3) is 0.273. The van der Waals surface area contributed by atoms with Gasteiger partial charge in [0, 0.05) is 17.1 Å². The molecule has 0 amide bonds. The zero-order valence-electron chi connectivity index (χ0n) is 8.01. The third-order valence-corrected chi connectivity index (χ3v) is 2.18. The minimum absolute atomic E-state index is 0.522. The first-order chi connectivity index (χ1) is 6.79. The molecule has 0 aliphatic heterocycles. The maximum absolute atomic E-state index is 6.02. The largest absolute Gasteiger partial charge is 0.496 e. The monoisotopic (exact) mass is 209 g/mol. The van der Waals surface area contributed by atoms with Crippen LogP contribution in [0.3, 0.4) is 0 Å². The normalized spacial score (nSPS) is 9.50. The fourth-order valence-corrected chi connectivity index (χ4v) is 1.39. The molecule has 14 heavy (non-hydrogen) atoms. The van der Waals surface area contributed by atoms with Gasteiger partial charge < -0.3 is 10.1 Å². The molecule has 0 heterocycles. The maximum Gasteiger partial charge on any atom is 0.124 e. The van der Waals surface area contributed by atoms with Crippen molar-refractivity contribution in [3.05, 3.63) is 28.8 Å². The number of halogens is 1. The van der Waals surface area contributed by atoms with Gasteiger partial charge in [-0.2, -0.15) is 0 Å². The van der Waals surface area contributed by atoms with Gasteiger partial charge in [0.1, 0.15) is 5.75 Å². The number of benzene rings is 1. The molecular formula is C11H12ClNO. The highest BCUT2D eigenvalue weighted by atomic mass is 35.5. The number of rotatable bonds is 4. The summed E-state index contributed by atoms with van der Waals surface area (Å²) in [7, 11) is 1.62. The second kappa shape index (κ2) is 5.54. The van der Waals surface area contributed by atoms with Crippen molar-refractivity contribution < 1.29 is 4.74 Å². The predicted molar refractivity (Wildman–Crippen MR) is 58.5 cm³/mol. The molecule has 1 aromatic rings. The summed E-state index contributed by atoms with van der Waals surface area (Å²) in [5.74, 6) is 3.28. The van der Waals surface area contributed by atoms with Crippen LogP contribution in [0.4, 0.5) is 0 Å². The quantitative estimate of drug-likeness (QED) is 0.606. The first-order valence-corrected chi connectivity index (χ1v) is 4.63. The number of terminal acetylenes is 1. The topological polar surface area (TPSA) is 21.3 Å². The Labute approximate surface area is 89.2 Å². The summed E-state index contributed by atoms with van der Waals surface area (Å²) in [5.41, 5.74) is 0.937. The molecule has 1 N–H and O–H groups in total. The molecule has 74 valence electrons. The number of ether oxygens (including phenoxy) is 1. The molecule has 0 fully saturated rings. The molecule has 2 nitrogen and oxygen atoms in total. The van der Waals surface area contributed by atoms with Crippen LogP contribution in [0, 0.1) is 12.3 Å². The molecule has 0 bridgehead atoms. The van der Waals surface area contributed by atoms with E-state index in [-0.39, 0.29) is 0 Å². The molecule has 0 aliphatic carbocycles. The van der Waals surface area contributed by atoms with Crippen molar-refractivity contribution in [3.63, 3.8) is 0 Å².